The molecule has 1 N–H and O–H groups in total. The van der Waals surface area contributed by atoms with Gasteiger partial charge in [-0.3, -0.25) is 4.68 Å². The third-order valence-corrected chi connectivity index (χ3v) is 4.47. The minimum absolute atomic E-state index is 0.195. The first-order valence-electron chi connectivity index (χ1n) is 5.22. The Morgan fingerprint density at radius 1 is 1.56 bits per heavy atom. The fraction of sp³-hybridized carbons (Fsp3) is 0.667. The SMILES string of the molecule is C[C@@H]1CN(S(=O)(=O)c2cnn(C)c2)CCN1. The van der Waals surface area contributed by atoms with Gasteiger partial charge >= 0.3 is 0 Å². The van der Waals surface area contributed by atoms with Gasteiger partial charge in [-0.1, -0.05) is 0 Å². The van der Waals surface area contributed by atoms with E-state index in [0.717, 1.165) is 0 Å². The fourth-order valence-corrected chi connectivity index (χ4v) is 3.31. The van der Waals surface area contributed by atoms with Gasteiger partial charge in [-0.25, -0.2) is 8.42 Å². The van der Waals surface area contributed by atoms with Crippen LogP contribution in [0.15, 0.2) is 17.3 Å². The summed E-state index contributed by atoms with van der Waals surface area (Å²) in [5.41, 5.74) is 0. The summed E-state index contributed by atoms with van der Waals surface area (Å²) in [6.45, 7) is 3.70. The Labute approximate surface area is 95.3 Å². The van der Waals surface area contributed by atoms with Crippen molar-refractivity contribution in [3.63, 3.8) is 0 Å². The Bertz CT molecular complexity index is 468. The summed E-state index contributed by atoms with van der Waals surface area (Å²) in [6, 6.07) is 0.195. The maximum absolute atomic E-state index is 12.2. The summed E-state index contributed by atoms with van der Waals surface area (Å²) in [5.74, 6) is 0. The molecule has 90 valence electrons. The van der Waals surface area contributed by atoms with Crippen LogP contribution in [0, 0.1) is 0 Å². The molecule has 1 aromatic rings. The number of aryl methyl sites for hydroxylation is 1. The summed E-state index contributed by atoms with van der Waals surface area (Å²) in [4.78, 5) is 0.268. The second-order valence-corrected chi connectivity index (χ2v) is 6.01. The van der Waals surface area contributed by atoms with Crippen LogP contribution >= 0.6 is 0 Å². The van der Waals surface area contributed by atoms with E-state index in [4.69, 9.17) is 0 Å². The van der Waals surface area contributed by atoms with Crippen molar-refractivity contribution < 1.29 is 8.42 Å². The second kappa shape index (κ2) is 4.15. The highest BCUT2D eigenvalue weighted by Gasteiger charge is 2.29. The third kappa shape index (κ3) is 2.11. The lowest BCUT2D eigenvalue weighted by Gasteiger charge is -2.30. The summed E-state index contributed by atoms with van der Waals surface area (Å²) in [7, 11) is -1.66. The van der Waals surface area contributed by atoms with E-state index < -0.39 is 10.0 Å². The zero-order valence-corrected chi connectivity index (χ0v) is 10.2. The first-order chi connectivity index (χ1) is 7.50. The summed E-state index contributed by atoms with van der Waals surface area (Å²) in [5, 5.41) is 7.11. The molecule has 1 fully saturated rings. The van der Waals surface area contributed by atoms with Gasteiger partial charge in [0.15, 0.2) is 0 Å². The van der Waals surface area contributed by atoms with Crippen molar-refractivity contribution >= 4 is 10.0 Å². The number of aromatic nitrogens is 2. The van der Waals surface area contributed by atoms with Crippen molar-refractivity contribution in [3.8, 4) is 0 Å². The van der Waals surface area contributed by atoms with Gasteiger partial charge in [0.2, 0.25) is 10.0 Å². The first-order valence-corrected chi connectivity index (χ1v) is 6.66. The van der Waals surface area contributed by atoms with E-state index in [0.29, 0.717) is 19.6 Å². The first kappa shape index (κ1) is 11.6. The Morgan fingerprint density at radius 2 is 2.31 bits per heavy atom. The van der Waals surface area contributed by atoms with Crippen LogP contribution in [-0.2, 0) is 17.1 Å². The van der Waals surface area contributed by atoms with Gasteiger partial charge in [0.05, 0.1) is 6.20 Å². The number of nitrogens with zero attached hydrogens (tertiary/aromatic N) is 3. The molecule has 1 aliphatic rings. The lowest BCUT2D eigenvalue weighted by Crippen LogP contribution is -2.51. The van der Waals surface area contributed by atoms with Crippen molar-refractivity contribution in [1.29, 1.82) is 0 Å². The summed E-state index contributed by atoms with van der Waals surface area (Å²) < 4.78 is 27.4. The van der Waals surface area contributed by atoms with Crippen molar-refractivity contribution in [1.82, 2.24) is 19.4 Å². The molecule has 1 aromatic heterocycles. The molecule has 0 aliphatic carbocycles. The van der Waals surface area contributed by atoms with Crippen LogP contribution in [-0.4, -0.2) is 48.2 Å². The second-order valence-electron chi connectivity index (χ2n) is 4.07. The molecule has 0 aromatic carbocycles. The normalized spacial score (nSPS) is 23.5. The van der Waals surface area contributed by atoms with Gasteiger partial charge in [0.1, 0.15) is 4.90 Å². The van der Waals surface area contributed by atoms with E-state index in [-0.39, 0.29) is 10.9 Å². The van der Waals surface area contributed by atoms with Gasteiger partial charge < -0.3 is 5.32 Å². The molecule has 0 amide bonds. The highest BCUT2D eigenvalue weighted by molar-refractivity contribution is 7.89. The number of hydrogen-bond donors (Lipinski definition) is 1. The summed E-state index contributed by atoms with van der Waals surface area (Å²) >= 11 is 0. The third-order valence-electron chi connectivity index (χ3n) is 2.65. The number of nitrogens with one attached hydrogen (secondary N) is 1. The quantitative estimate of drug-likeness (QED) is 0.754. The summed E-state index contributed by atoms with van der Waals surface area (Å²) in [6.07, 6.45) is 2.92. The van der Waals surface area contributed by atoms with Crippen molar-refractivity contribution in [2.45, 2.75) is 17.9 Å². The molecule has 16 heavy (non-hydrogen) atoms. The smallest absolute Gasteiger partial charge is 0.246 e. The number of hydrogen-bond acceptors (Lipinski definition) is 4. The molecule has 1 aliphatic heterocycles. The molecule has 0 saturated carbocycles. The topological polar surface area (TPSA) is 67.2 Å². The maximum atomic E-state index is 12.2. The predicted octanol–water partition coefficient (Wildman–Crippen LogP) is -0.597. The molecule has 1 atom stereocenters. The van der Waals surface area contributed by atoms with Crippen molar-refractivity contribution in [2.75, 3.05) is 19.6 Å². The van der Waals surface area contributed by atoms with Gasteiger partial charge in [-0.2, -0.15) is 9.40 Å². The largest absolute Gasteiger partial charge is 0.312 e. The Balaban J connectivity index is 2.25. The molecule has 6 nitrogen and oxygen atoms in total. The Hall–Kier alpha value is -0.920. The van der Waals surface area contributed by atoms with E-state index in [2.05, 4.69) is 10.4 Å². The van der Waals surface area contributed by atoms with E-state index in [1.54, 1.807) is 7.05 Å². The molecule has 2 heterocycles. The van der Waals surface area contributed by atoms with Gasteiger partial charge in [0.25, 0.3) is 0 Å². The van der Waals surface area contributed by atoms with Gasteiger partial charge in [-0.05, 0) is 6.92 Å². The Kier molecular flexibility index (Phi) is 3.00. The van der Waals surface area contributed by atoms with Crippen molar-refractivity contribution in [2.24, 2.45) is 7.05 Å². The van der Waals surface area contributed by atoms with E-state index in [1.807, 2.05) is 6.92 Å². The lowest BCUT2D eigenvalue weighted by atomic mass is 10.3. The highest BCUT2D eigenvalue weighted by Crippen LogP contribution is 2.15. The minimum atomic E-state index is -3.36. The van der Waals surface area contributed by atoms with E-state index in [9.17, 15) is 8.42 Å². The maximum Gasteiger partial charge on any atom is 0.246 e. The van der Waals surface area contributed by atoms with Crippen LogP contribution in [0.3, 0.4) is 0 Å². The minimum Gasteiger partial charge on any atom is -0.312 e. The predicted molar refractivity (Wildman–Crippen MR) is 59.4 cm³/mol. The average molecular weight is 244 g/mol. The van der Waals surface area contributed by atoms with Crippen molar-refractivity contribution in [3.05, 3.63) is 12.4 Å². The molecule has 0 bridgehead atoms. The molecule has 1 saturated heterocycles. The molecule has 7 heteroatoms. The van der Waals surface area contributed by atoms with Gasteiger partial charge in [-0.15, -0.1) is 0 Å². The van der Waals surface area contributed by atoms with E-state index in [1.165, 1.54) is 21.4 Å². The molecule has 0 unspecified atom stereocenters. The van der Waals surface area contributed by atoms with E-state index >= 15 is 0 Å². The van der Waals surface area contributed by atoms with Crippen LogP contribution in [0.5, 0.6) is 0 Å². The van der Waals surface area contributed by atoms with Crippen LogP contribution in [0.2, 0.25) is 0 Å². The number of piperazine rings is 1. The van der Waals surface area contributed by atoms with Crippen LogP contribution in [0.25, 0.3) is 0 Å². The number of sulfonamides is 1. The highest BCUT2D eigenvalue weighted by atomic mass is 32.2. The van der Waals surface area contributed by atoms with Crippen LogP contribution < -0.4 is 5.32 Å². The molecule has 2 rings (SSSR count). The standard InChI is InChI=1S/C9H16N4O2S/c1-8-6-13(4-3-10-8)16(14,15)9-5-11-12(2)7-9/h5,7-8,10H,3-4,6H2,1-2H3/t8-/m1/s1. The zero-order chi connectivity index (χ0) is 11.8. The fourth-order valence-electron chi connectivity index (χ4n) is 1.80. The number of rotatable bonds is 2. The van der Waals surface area contributed by atoms with Crippen LogP contribution in [0.1, 0.15) is 6.92 Å². The molecule has 0 spiro atoms. The molecule has 0 radical (unpaired) electrons. The Morgan fingerprint density at radius 3 is 2.88 bits per heavy atom. The van der Waals surface area contributed by atoms with Crippen LogP contribution in [0.4, 0.5) is 0 Å². The molecular formula is C9H16N4O2S. The lowest BCUT2D eigenvalue weighted by molar-refractivity contribution is 0.310. The molecular weight excluding hydrogens is 228 g/mol. The van der Waals surface area contributed by atoms with Gasteiger partial charge in [0, 0.05) is 38.9 Å². The monoisotopic (exact) mass is 244 g/mol. The zero-order valence-electron chi connectivity index (χ0n) is 9.42. The average Bonchev–Trinajstić information content (AvgIpc) is 2.65.